The third-order valence-corrected chi connectivity index (χ3v) is 3.78. The highest BCUT2D eigenvalue weighted by molar-refractivity contribution is 9.11. The fourth-order valence-electron chi connectivity index (χ4n) is 1.54. The van der Waals surface area contributed by atoms with Crippen molar-refractivity contribution in [1.82, 2.24) is 0 Å². The smallest absolute Gasteiger partial charge is 0.421 e. The van der Waals surface area contributed by atoms with Crippen molar-refractivity contribution >= 4 is 31.9 Å². The van der Waals surface area contributed by atoms with E-state index in [0.717, 1.165) is 14.2 Å². The first kappa shape index (κ1) is 17.4. The standard InChI is InChI=1S/C10H6Br2F6O2/c1-19-7-3(9(13,14)15)6(12)8(20-2)4(5(7)11)10(16,17)18/h1-2H3. The molecule has 1 rings (SSSR count). The van der Waals surface area contributed by atoms with Crippen LogP contribution in [0, 0.1) is 0 Å². The van der Waals surface area contributed by atoms with Gasteiger partial charge in [-0.1, -0.05) is 0 Å². The second kappa shape index (κ2) is 5.63. The van der Waals surface area contributed by atoms with Crippen LogP contribution in [0.25, 0.3) is 0 Å². The van der Waals surface area contributed by atoms with Gasteiger partial charge in [-0.15, -0.1) is 0 Å². The van der Waals surface area contributed by atoms with Gasteiger partial charge in [0.15, 0.2) is 0 Å². The Kier molecular flexibility index (Phi) is 4.90. The molecule has 0 spiro atoms. The summed E-state index contributed by atoms with van der Waals surface area (Å²) in [5, 5.41) is 0. The lowest BCUT2D eigenvalue weighted by Crippen LogP contribution is -2.15. The fraction of sp³-hybridized carbons (Fsp3) is 0.400. The highest BCUT2D eigenvalue weighted by atomic mass is 79.9. The van der Waals surface area contributed by atoms with Gasteiger partial charge in [-0.05, 0) is 31.9 Å². The van der Waals surface area contributed by atoms with Gasteiger partial charge in [0, 0.05) is 0 Å². The summed E-state index contributed by atoms with van der Waals surface area (Å²) >= 11 is 5.00. The van der Waals surface area contributed by atoms with Gasteiger partial charge in [0.2, 0.25) is 0 Å². The fourth-order valence-corrected chi connectivity index (χ4v) is 3.07. The van der Waals surface area contributed by atoms with E-state index in [1.165, 1.54) is 0 Å². The van der Waals surface area contributed by atoms with Crippen molar-refractivity contribution in [3.8, 4) is 11.5 Å². The van der Waals surface area contributed by atoms with E-state index in [1.807, 2.05) is 0 Å². The monoisotopic (exact) mass is 430 g/mol. The molecule has 10 heteroatoms. The van der Waals surface area contributed by atoms with Crippen LogP contribution in [0.2, 0.25) is 0 Å². The van der Waals surface area contributed by atoms with Crippen LogP contribution in [0.1, 0.15) is 11.1 Å². The van der Waals surface area contributed by atoms with Crippen LogP contribution >= 0.6 is 31.9 Å². The molecule has 0 aliphatic carbocycles. The largest absolute Gasteiger partial charge is 0.495 e. The summed E-state index contributed by atoms with van der Waals surface area (Å²) in [5.74, 6) is -1.95. The summed E-state index contributed by atoms with van der Waals surface area (Å²) in [7, 11) is 1.68. The average molecular weight is 432 g/mol. The molecule has 0 aliphatic rings. The molecule has 0 atom stereocenters. The lowest BCUT2D eigenvalue weighted by atomic mass is 10.1. The Hall–Kier alpha value is -0.640. The molecular weight excluding hydrogens is 426 g/mol. The SMILES string of the molecule is COc1c(Br)c(C(F)(F)F)c(OC)c(Br)c1C(F)(F)F. The van der Waals surface area contributed by atoms with Gasteiger partial charge < -0.3 is 9.47 Å². The van der Waals surface area contributed by atoms with Crippen LogP contribution in [0.15, 0.2) is 8.95 Å². The Morgan fingerprint density at radius 2 is 0.950 bits per heavy atom. The number of methoxy groups -OCH3 is 2. The van der Waals surface area contributed by atoms with E-state index in [2.05, 4.69) is 41.3 Å². The van der Waals surface area contributed by atoms with Crippen LogP contribution in [-0.4, -0.2) is 14.2 Å². The van der Waals surface area contributed by atoms with Crippen molar-refractivity contribution in [2.24, 2.45) is 0 Å². The molecule has 20 heavy (non-hydrogen) atoms. The van der Waals surface area contributed by atoms with E-state index in [0.29, 0.717) is 0 Å². The van der Waals surface area contributed by atoms with Gasteiger partial charge in [0.25, 0.3) is 0 Å². The first-order chi connectivity index (χ1) is 8.96. The van der Waals surface area contributed by atoms with Crippen molar-refractivity contribution in [2.45, 2.75) is 12.4 Å². The summed E-state index contributed by atoms with van der Waals surface area (Å²) in [4.78, 5) is 0. The van der Waals surface area contributed by atoms with Crippen molar-refractivity contribution in [3.63, 3.8) is 0 Å². The van der Waals surface area contributed by atoms with Crippen LogP contribution in [0.4, 0.5) is 26.3 Å². The number of ether oxygens (including phenoxy) is 2. The Morgan fingerprint density at radius 1 is 0.700 bits per heavy atom. The number of hydrogen-bond acceptors (Lipinski definition) is 2. The highest BCUT2D eigenvalue weighted by Gasteiger charge is 2.46. The molecule has 2 nitrogen and oxygen atoms in total. The minimum absolute atomic E-state index is 0.842. The lowest BCUT2D eigenvalue weighted by molar-refractivity contribution is -0.144. The first-order valence-electron chi connectivity index (χ1n) is 4.74. The minimum atomic E-state index is -4.93. The van der Waals surface area contributed by atoms with Crippen molar-refractivity contribution < 1.29 is 35.8 Å². The number of hydrogen-bond donors (Lipinski definition) is 0. The van der Waals surface area contributed by atoms with Crippen molar-refractivity contribution in [1.29, 1.82) is 0 Å². The lowest BCUT2D eigenvalue weighted by Gasteiger charge is -2.22. The Bertz CT molecular complexity index is 476. The summed E-state index contributed by atoms with van der Waals surface area (Å²) in [6.45, 7) is 0. The van der Waals surface area contributed by atoms with E-state index >= 15 is 0 Å². The number of alkyl halides is 6. The second-order valence-corrected chi connectivity index (χ2v) is 5.03. The van der Waals surface area contributed by atoms with E-state index in [4.69, 9.17) is 0 Å². The van der Waals surface area contributed by atoms with Crippen LogP contribution < -0.4 is 9.47 Å². The van der Waals surface area contributed by atoms with Gasteiger partial charge >= 0.3 is 12.4 Å². The molecule has 0 radical (unpaired) electrons. The maximum absolute atomic E-state index is 13.0. The van der Waals surface area contributed by atoms with E-state index in [1.54, 1.807) is 0 Å². The maximum atomic E-state index is 13.0. The molecule has 1 aromatic rings. The van der Waals surface area contributed by atoms with Gasteiger partial charge in [0.05, 0.1) is 23.2 Å². The van der Waals surface area contributed by atoms with Gasteiger partial charge in [-0.25, -0.2) is 0 Å². The summed E-state index contributed by atoms with van der Waals surface area (Å²) in [6, 6.07) is 0. The molecule has 0 fully saturated rings. The molecule has 114 valence electrons. The molecule has 0 saturated heterocycles. The van der Waals surface area contributed by atoms with Gasteiger partial charge in [-0.3, -0.25) is 0 Å². The third kappa shape index (κ3) is 3.00. The van der Waals surface area contributed by atoms with E-state index in [-0.39, 0.29) is 0 Å². The molecule has 0 amide bonds. The number of benzene rings is 1. The molecule has 0 N–H and O–H groups in total. The normalized spacial score (nSPS) is 12.5. The first-order valence-corrected chi connectivity index (χ1v) is 6.32. The summed E-state index contributed by atoms with van der Waals surface area (Å²) < 4.78 is 84.9. The van der Waals surface area contributed by atoms with Crippen LogP contribution in [0.3, 0.4) is 0 Å². The number of rotatable bonds is 2. The summed E-state index contributed by atoms with van der Waals surface area (Å²) in [5.41, 5.74) is -2.78. The topological polar surface area (TPSA) is 18.5 Å². The second-order valence-electron chi connectivity index (χ2n) is 3.44. The minimum Gasteiger partial charge on any atom is -0.495 e. The zero-order valence-electron chi connectivity index (χ0n) is 9.84. The Balaban J connectivity index is 3.92. The zero-order valence-corrected chi connectivity index (χ0v) is 13.0. The number of halogens is 8. The molecule has 1 aromatic carbocycles. The third-order valence-electron chi connectivity index (χ3n) is 2.27. The van der Waals surface area contributed by atoms with Gasteiger partial charge in [0.1, 0.15) is 22.6 Å². The molecule has 0 aliphatic heterocycles. The molecule has 0 saturated carbocycles. The predicted molar refractivity (Wildman–Crippen MR) is 65.0 cm³/mol. The highest BCUT2D eigenvalue weighted by Crippen LogP contribution is 2.54. The molecular formula is C10H6Br2F6O2. The maximum Gasteiger partial charge on any atom is 0.421 e. The van der Waals surface area contributed by atoms with Crippen LogP contribution in [0.5, 0.6) is 11.5 Å². The van der Waals surface area contributed by atoms with Crippen LogP contribution in [-0.2, 0) is 12.4 Å². The summed E-state index contributed by atoms with van der Waals surface area (Å²) in [6.07, 6.45) is -9.85. The molecule has 0 heterocycles. The average Bonchev–Trinajstić information content (AvgIpc) is 2.27. The quantitative estimate of drug-likeness (QED) is 0.594. The Labute approximate surface area is 126 Å². The van der Waals surface area contributed by atoms with Crippen molar-refractivity contribution in [3.05, 3.63) is 20.1 Å². The predicted octanol–water partition coefficient (Wildman–Crippen LogP) is 5.27. The van der Waals surface area contributed by atoms with E-state index in [9.17, 15) is 26.3 Å². The Morgan fingerprint density at radius 3 is 1.10 bits per heavy atom. The molecule has 0 unspecified atom stereocenters. The zero-order chi connectivity index (χ0) is 15.9. The van der Waals surface area contributed by atoms with Gasteiger partial charge in [-0.2, -0.15) is 26.3 Å². The molecule has 0 aromatic heterocycles. The van der Waals surface area contributed by atoms with Crippen molar-refractivity contribution in [2.75, 3.05) is 14.2 Å². The molecule has 0 bridgehead atoms. The van der Waals surface area contributed by atoms with E-state index < -0.39 is 43.9 Å².